The lowest BCUT2D eigenvalue weighted by atomic mass is 9.47. The number of nitrogens with zero attached hydrogens (tertiary/aromatic N) is 2. The highest BCUT2D eigenvalue weighted by Crippen LogP contribution is 2.67. The molecular weight excluding hydrogens is 554 g/mol. The van der Waals surface area contributed by atoms with Gasteiger partial charge in [-0.1, -0.05) is 77.4 Å². The highest BCUT2D eigenvalue weighted by Gasteiger charge is 2.59. The Morgan fingerprint density at radius 2 is 1.84 bits per heavy atom. The van der Waals surface area contributed by atoms with Gasteiger partial charge in [-0.25, -0.2) is 0 Å². The predicted octanol–water partition coefficient (Wildman–Crippen LogP) is 9.15. The van der Waals surface area contributed by atoms with Gasteiger partial charge in [-0.05, 0) is 111 Å². The molecule has 4 aliphatic rings. The van der Waals surface area contributed by atoms with Crippen LogP contribution < -0.4 is 5.32 Å². The van der Waals surface area contributed by atoms with Crippen LogP contribution in [0.4, 0.5) is 5.13 Å². The molecule has 1 N–H and O–H groups in total. The van der Waals surface area contributed by atoms with Crippen LogP contribution in [-0.2, 0) is 14.3 Å². The fourth-order valence-corrected chi connectivity index (χ4v) is 11.0. The Kier molecular flexibility index (Phi) is 10.1. The molecule has 3 saturated carbocycles. The third-order valence-electron chi connectivity index (χ3n) is 12.9. The Hall–Kier alpha value is -1.76. The van der Waals surface area contributed by atoms with Crippen LogP contribution in [0.25, 0.3) is 0 Å². The van der Waals surface area contributed by atoms with Crippen molar-refractivity contribution in [2.75, 3.05) is 5.32 Å². The van der Waals surface area contributed by atoms with Gasteiger partial charge in [0.15, 0.2) is 0 Å². The van der Waals surface area contributed by atoms with Crippen molar-refractivity contribution in [2.24, 2.45) is 52.3 Å². The second-order valence-corrected chi connectivity index (χ2v) is 16.7. The lowest BCUT2D eigenvalue weighted by molar-refractivity contribution is -0.152. The lowest BCUT2D eigenvalue weighted by Crippen LogP contribution is -2.51. The van der Waals surface area contributed by atoms with Crippen molar-refractivity contribution in [1.82, 2.24) is 10.2 Å². The third kappa shape index (κ3) is 6.77. The molecule has 1 aromatic rings. The van der Waals surface area contributed by atoms with E-state index in [-0.39, 0.29) is 36.2 Å². The fourth-order valence-electron chi connectivity index (χ4n) is 10.4. The van der Waals surface area contributed by atoms with Crippen LogP contribution in [-0.4, -0.2) is 28.2 Å². The molecule has 0 bridgehead atoms. The van der Waals surface area contributed by atoms with Gasteiger partial charge in [0.05, 0.1) is 6.42 Å². The zero-order valence-electron chi connectivity index (χ0n) is 27.9. The van der Waals surface area contributed by atoms with Gasteiger partial charge < -0.3 is 10.1 Å². The first kappa shape index (κ1) is 32.6. The van der Waals surface area contributed by atoms with Crippen molar-refractivity contribution < 1.29 is 14.3 Å². The summed E-state index contributed by atoms with van der Waals surface area (Å²) in [5.41, 5.74) is 2.27. The SMILES string of the molecule is CC[C@H](CC[C@@H](C)[C@H]1CC[C@H]2[C@@H]3CC=C4C[C@@H](OC(=O)CCC(=O)Nc5nnc(C)s5)CC[C@]4(C)[C@H]3CC[C@]12C)C(C)C. The minimum Gasteiger partial charge on any atom is -0.462 e. The number of allylic oxidation sites excluding steroid dienone is 1. The Balaban J connectivity index is 1.15. The van der Waals surface area contributed by atoms with E-state index < -0.39 is 0 Å². The second-order valence-electron chi connectivity index (χ2n) is 15.5. The van der Waals surface area contributed by atoms with Crippen LogP contribution in [0.15, 0.2) is 11.6 Å². The summed E-state index contributed by atoms with van der Waals surface area (Å²) in [7, 11) is 0. The molecule has 0 spiro atoms. The molecule has 4 aliphatic carbocycles. The minimum absolute atomic E-state index is 0.0689. The number of aromatic nitrogens is 2. The van der Waals surface area contributed by atoms with E-state index in [0.717, 1.165) is 65.7 Å². The summed E-state index contributed by atoms with van der Waals surface area (Å²) in [6.07, 6.45) is 16.5. The highest BCUT2D eigenvalue weighted by atomic mass is 32.1. The first-order valence-corrected chi connectivity index (χ1v) is 18.2. The summed E-state index contributed by atoms with van der Waals surface area (Å²) in [5, 5.41) is 11.8. The second kappa shape index (κ2) is 13.3. The quantitative estimate of drug-likeness (QED) is 0.199. The number of aryl methyl sites for hydroxylation is 1. The average molecular weight is 612 g/mol. The zero-order chi connectivity index (χ0) is 30.9. The van der Waals surface area contributed by atoms with E-state index >= 15 is 0 Å². The summed E-state index contributed by atoms with van der Waals surface area (Å²) in [5.74, 6) is 5.29. The molecule has 0 saturated heterocycles. The van der Waals surface area contributed by atoms with Crippen molar-refractivity contribution in [2.45, 2.75) is 138 Å². The van der Waals surface area contributed by atoms with Crippen LogP contribution >= 0.6 is 11.3 Å². The molecule has 5 rings (SSSR count). The van der Waals surface area contributed by atoms with Crippen molar-refractivity contribution >= 4 is 28.3 Å². The Labute approximate surface area is 264 Å². The molecule has 3 fully saturated rings. The molecule has 0 radical (unpaired) electrons. The predicted molar refractivity (Wildman–Crippen MR) is 175 cm³/mol. The minimum atomic E-state index is -0.273. The molecule has 0 aliphatic heterocycles. The molecule has 1 amide bonds. The molecule has 6 nitrogen and oxygen atoms in total. The number of hydrogen-bond donors (Lipinski definition) is 1. The number of esters is 1. The van der Waals surface area contributed by atoms with Gasteiger partial charge in [0.1, 0.15) is 11.1 Å². The molecule has 0 unspecified atom stereocenters. The smallest absolute Gasteiger partial charge is 0.306 e. The maximum absolute atomic E-state index is 12.7. The number of anilines is 1. The van der Waals surface area contributed by atoms with E-state index in [1.807, 2.05) is 6.92 Å². The van der Waals surface area contributed by atoms with E-state index in [1.165, 1.54) is 68.3 Å². The monoisotopic (exact) mass is 611 g/mol. The summed E-state index contributed by atoms with van der Waals surface area (Å²) in [6.45, 7) is 16.8. The van der Waals surface area contributed by atoms with Crippen LogP contribution in [0, 0.1) is 59.2 Å². The average Bonchev–Trinajstić information content (AvgIpc) is 3.54. The topological polar surface area (TPSA) is 81.2 Å². The molecule has 9 atom stereocenters. The summed E-state index contributed by atoms with van der Waals surface area (Å²) >= 11 is 1.33. The van der Waals surface area contributed by atoms with Crippen LogP contribution in [0.5, 0.6) is 0 Å². The summed E-state index contributed by atoms with van der Waals surface area (Å²) in [4.78, 5) is 24.9. The van der Waals surface area contributed by atoms with Gasteiger partial charge in [-0.2, -0.15) is 0 Å². The zero-order valence-corrected chi connectivity index (χ0v) is 28.7. The number of carbonyl (C=O) groups is 2. The van der Waals surface area contributed by atoms with Gasteiger partial charge in [-0.3, -0.25) is 9.59 Å². The van der Waals surface area contributed by atoms with Crippen LogP contribution in [0.1, 0.15) is 130 Å². The van der Waals surface area contributed by atoms with Gasteiger partial charge in [-0.15, -0.1) is 10.2 Å². The van der Waals surface area contributed by atoms with E-state index in [0.29, 0.717) is 10.5 Å². The number of fused-ring (bicyclic) bond motifs is 5. The Bertz CT molecular complexity index is 1180. The number of amides is 1. The van der Waals surface area contributed by atoms with E-state index in [1.54, 1.807) is 0 Å². The maximum atomic E-state index is 12.7. The Morgan fingerprint density at radius 1 is 1.05 bits per heavy atom. The van der Waals surface area contributed by atoms with E-state index in [9.17, 15) is 9.59 Å². The van der Waals surface area contributed by atoms with Crippen molar-refractivity contribution in [3.63, 3.8) is 0 Å². The summed E-state index contributed by atoms with van der Waals surface area (Å²) < 4.78 is 5.93. The standard InChI is InChI=1S/C36H57N3O3S/c1-8-25(22(2)3)10-9-23(4)29-13-14-30-28-12-11-26-21-27(17-19-35(26,6)31(28)18-20-36(29,30)7)42-33(41)16-15-32(40)37-34-39-38-24(5)43-34/h11,22-23,25,27-31H,8-10,12-21H2,1-7H3,(H,37,39,40)/t23-,25-,27+,28+,29-,30+,31+,35+,36-/m1/s1. The van der Waals surface area contributed by atoms with Crippen molar-refractivity contribution in [1.29, 1.82) is 0 Å². The maximum Gasteiger partial charge on any atom is 0.306 e. The summed E-state index contributed by atoms with van der Waals surface area (Å²) in [6, 6.07) is 0. The van der Waals surface area contributed by atoms with Crippen molar-refractivity contribution in [3.05, 3.63) is 16.7 Å². The van der Waals surface area contributed by atoms with Crippen molar-refractivity contribution in [3.8, 4) is 0 Å². The number of carbonyl (C=O) groups excluding carboxylic acids is 2. The molecule has 7 heteroatoms. The largest absolute Gasteiger partial charge is 0.462 e. The number of hydrogen-bond acceptors (Lipinski definition) is 6. The number of rotatable bonds is 11. The van der Waals surface area contributed by atoms with Gasteiger partial charge in [0.2, 0.25) is 11.0 Å². The molecule has 240 valence electrons. The molecule has 1 heterocycles. The highest BCUT2D eigenvalue weighted by molar-refractivity contribution is 7.15. The normalized spacial score (nSPS) is 34.9. The third-order valence-corrected chi connectivity index (χ3v) is 13.7. The lowest BCUT2D eigenvalue weighted by Gasteiger charge is -2.58. The molecule has 0 aromatic carbocycles. The molecule has 1 aromatic heterocycles. The first-order valence-electron chi connectivity index (χ1n) is 17.4. The van der Waals surface area contributed by atoms with E-state index in [4.69, 9.17) is 4.74 Å². The number of ether oxygens (including phenoxy) is 1. The fraction of sp³-hybridized carbons (Fsp3) is 0.833. The number of nitrogens with one attached hydrogen (secondary N) is 1. The van der Waals surface area contributed by atoms with Gasteiger partial charge in [0, 0.05) is 12.8 Å². The first-order chi connectivity index (χ1) is 20.4. The van der Waals surface area contributed by atoms with E-state index in [2.05, 4.69) is 63.1 Å². The Morgan fingerprint density at radius 3 is 2.53 bits per heavy atom. The molecule has 43 heavy (non-hydrogen) atoms. The van der Waals surface area contributed by atoms with Crippen LogP contribution in [0.2, 0.25) is 0 Å². The van der Waals surface area contributed by atoms with Gasteiger partial charge >= 0.3 is 5.97 Å². The van der Waals surface area contributed by atoms with Crippen LogP contribution in [0.3, 0.4) is 0 Å². The van der Waals surface area contributed by atoms with Gasteiger partial charge in [0.25, 0.3) is 0 Å². The molecular formula is C36H57N3O3S.